The normalized spacial score (nSPS) is 10.3. The quantitative estimate of drug-likeness (QED) is 0.682. The molecule has 104 valence electrons. The second kappa shape index (κ2) is 5.56. The van der Waals surface area contributed by atoms with Crippen LogP contribution in [0.15, 0.2) is 36.4 Å². The first-order chi connectivity index (χ1) is 9.47. The topological polar surface area (TPSA) is 85.3 Å². The predicted octanol–water partition coefficient (Wildman–Crippen LogP) is 2.52. The average Bonchev–Trinajstić information content (AvgIpc) is 2.38. The molecule has 1 aromatic carbocycles. The van der Waals surface area contributed by atoms with E-state index < -0.39 is 4.92 Å². The predicted molar refractivity (Wildman–Crippen MR) is 78.6 cm³/mol. The highest BCUT2D eigenvalue weighted by Gasteiger charge is 2.14. The fraction of sp³-hybridized carbons (Fsp3) is 0.214. The third-order valence-electron chi connectivity index (χ3n) is 2.98. The highest BCUT2D eigenvalue weighted by atomic mass is 16.6. The largest absolute Gasteiger partial charge is 0.378 e. The van der Waals surface area contributed by atoms with Crippen LogP contribution >= 0.6 is 0 Å². The monoisotopic (exact) mass is 272 g/mol. The highest BCUT2D eigenvalue weighted by Crippen LogP contribution is 2.23. The summed E-state index contributed by atoms with van der Waals surface area (Å²) >= 11 is 0. The Morgan fingerprint density at radius 2 is 2.10 bits per heavy atom. The Labute approximate surface area is 117 Å². The van der Waals surface area contributed by atoms with Gasteiger partial charge in [0.15, 0.2) is 0 Å². The molecule has 0 aliphatic rings. The Kier molecular flexibility index (Phi) is 3.84. The summed E-state index contributed by atoms with van der Waals surface area (Å²) < 4.78 is 0. The molecule has 2 rings (SSSR count). The molecule has 0 radical (unpaired) electrons. The lowest BCUT2D eigenvalue weighted by atomic mass is 10.1. The van der Waals surface area contributed by atoms with Crippen molar-refractivity contribution in [1.29, 1.82) is 0 Å². The number of rotatable bonds is 4. The van der Waals surface area contributed by atoms with E-state index in [1.165, 1.54) is 11.6 Å². The lowest BCUT2D eigenvalue weighted by molar-refractivity contribution is -0.384. The lowest BCUT2D eigenvalue weighted by Crippen LogP contribution is -2.18. The van der Waals surface area contributed by atoms with Gasteiger partial charge in [0.05, 0.1) is 4.92 Å². The number of nitrogen functional groups attached to an aromatic ring is 1. The minimum atomic E-state index is -0.535. The number of nitro groups is 1. The number of hydrogen-bond acceptors (Lipinski definition) is 5. The Bertz CT molecular complexity index is 643. The maximum absolute atomic E-state index is 10.7. The van der Waals surface area contributed by atoms with E-state index in [4.69, 9.17) is 5.73 Å². The van der Waals surface area contributed by atoms with Crippen molar-refractivity contribution in [3.63, 3.8) is 0 Å². The van der Waals surface area contributed by atoms with Gasteiger partial charge in [-0.3, -0.25) is 10.1 Å². The van der Waals surface area contributed by atoms with E-state index in [9.17, 15) is 10.1 Å². The van der Waals surface area contributed by atoms with Gasteiger partial charge in [-0.1, -0.05) is 29.8 Å². The molecular formula is C14H16N4O2. The van der Waals surface area contributed by atoms with Crippen LogP contribution in [0.1, 0.15) is 11.1 Å². The van der Waals surface area contributed by atoms with Crippen molar-refractivity contribution in [2.75, 3.05) is 17.7 Å². The van der Waals surface area contributed by atoms with E-state index in [-0.39, 0.29) is 11.5 Å². The van der Waals surface area contributed by atoms with E-state index in [0.29, 0.717) is 12.4 Å². The molecule has 0 saturated heterocycles. The molecule has 6 nitrogen and oxygen atoms in total. The van der Waals surface area contributed by atoms with Crippen molar-refractivity contribution in [2.24, 2.45) is 0 Å². The molecule has 0 spiro atoms. The summed E-state index contributed by atoms with van der Waals surface area (Å²) in [5.41, 5.74) is 7.76. The number of pyridine rings is 1. The first-order valence-electron chi connectivity index (χ1n) is 6.15. The third-order valence-corrected chi connectivity index (χ3v) is 2.98. The number of benzene rings is 1. The van der Waals surface area contributed by atoms with Gasteiger partial charge >= 0.3 is 5.69 Å². The Hall–Kier alpha value is -2.63. The molecule has 0 aliphatic heterocycles. The molecule has 0 aliphatic carbocycles. The molecule has 1 aromatic heterocycles. The van der Waals surface area contributed by atoms with Crippen LogP contribution in [0, 0.1) is 17.0 Å². The molecule has 0 amide bonds. The summed E-state index contributed by atoms with van der Waals surface area (Å²) in [6.07, 6.45) is 0. The van der Waals surface area contributed by atoms with Crippen LogP contribution < -0.4 is 10.6 Å². The van der Waals surface area contributed by atoms with Crippen LogP contribution in [0.5, 0.6) is 0 Å². The zero-order chi connectivity index (χ0) is 14.7. The van der Waals surface area contributed by atoms with Crippen LogP contribution in [0.4, 0.5) is 17.3 Å². The van der Waals surface area contributed by atoms with Gasteiger partial charge in [-0.2, -0.15) is 0 Å². The SMILES string of the molecule is Cc1cccc(CN(C)c2ccc([N+](=O)[O-])c(N)n2)c1. The number of aromatic nitrogens is 1. The van der Waals surface area contributed by atoms with E-state index in [1.54, 1.807) is 6.07 Å². The van der Waals surface area contributed by atoms with Crippen LogP contribution in [0.2, 0.25) is 0 Å². The van der Waals surface area contributed by atoms with Gasteiger partial charge in [0.1, 0.15) is 5.82 Å². The number of nitrogens with two attached hydrogens (primary N) is 1. The van der Waals surface area contributed by atoms with Crippen LogP contribution in [-0.2, 0) is 6.54 Å². The van der Waals surface area contributed by atoms with Gasteiger partial charge < -0.3 is 10.6 Å². The van der Waals surface area contributed by atoms with E-state index in [2.05, 4.69) is 11.1 Å². The first-order valence-corrected chi connectivity index (χ1v) is 6.15. The molecule has 20 heavy (non-hydrogen) atoms. The summed E-state index contributed by atoms with van der Waals surface area (Å²) in [5.74, 6) is 0.540. The van der Waals surface area contributed by atoms with Gasteiger partial charge in [0.2, 0.25) is 5.82 Å². The van der Waals surface area contributed by atoms with Gasteiger partial charge in [-0.05, 0) is 18.6 Å². The fourth-order valence-electron chi connectivity index (χ4n) is 1.99. The standard InChI is InChI=1S/C14H16N4O2/c1-10-4-3-5-11(8-10)9-17(2)13-7-6-12(18(19)20)14(15)16-13/h3-8H,9H2,1-2H3,(H2,15,16). The minimum absolute atomic E-state index is 0.0661. The summed E-state index contributed by atoms with van der Waals surface area (Å²) in [6.45, 7) is 2.69. The van der Waals surface area contributed by atoms with Crippen LogP contribution in [0.25, 0.3) is 0 Å². The van der Waals surface area contributed by atoms with Gasteiger partial charge in [0, 0.05) is 19.7 Å². The number of aryl methyl sites for hydroxylation is 1. The minimum Gasteiger partial charge on any atom is -0.378 e. The second-order valence-electron chi connectivity index (χ2n) is 4.68. The van der Waals surface area contributed by atoms with Gasteiger partial charge in [-0.15, -0.1) is 0 Å². The summed E-state index contributed by atoms with van der Waals surface area (Å²) in [7, 11) is 1.87. The lowest BCUT2D eigenvalue weighted by Gasteiger charge is -2.18. The smallest absolute Gasteiger partial charge is 0.311 e. The molecule has 0 fully saturated rings. The summed E-state index contributed by atoms with van der Waals surface area (Å²) in [4.78, 5) is 16.1. The van der Waals surface area contributed by atoms with Crippen molar-refractivity contribution in [3.05, 3.63) is 57.6 Å². The molecule has 0 atom stereocenters. The average molecular weight is 272 g/mol. The number of hydrogen-bond donors (Lipinski definition) is 1. The van der Waals surface area contributed by atoms with E-state index >= 15 is 0 Å². The molecule has 6 heteroatoms. The molecule has 2 N–H and O–H groups in total. The van der Waals surface area contributed by atoms with E-state index in [1.807, 2.05) is 37.1 Å². The molecule has 1 heterocycles. The molecule has 2 aromatic rings. The van der Waals surface area contributed by atoms with Crippen molar-refractivity contribution < 1.29 is 4.92 Å². The molecular weight excluding hydrogens is 256 g/mol. The second-order valence-corrected chi connectivity index (χ2v) is 4.68. The molecule has 0 bridgehead atoms. The summed E-state index contributed by atoms with van der Waals surface area (Å²) in [6, 6.07) is 11.1. The Morgan fingerprint density at radius 1 is 1.35 bits per heavy atom. The Morgan fingerprint density at radius 3 is 2.70 bits per heavy atom. The zero-order valence-electron chi connectivity index (χ0n) is 11.4. The van der Waals surface area contributed by atoms with Crippen LogP contribution in [-0.4, -0.2) is 17.0 Å². The maximum Gasteiger partial charge on any atom is 0.311 e. The van der Waals surface area contributed by atoms with Crippen molar-refractivity contribution >= 4 is 17.3 Å². The maximum atomic E-state index is 10.7. The fourth-order valence-corrected chi connectivity index (χ4v) is 1.99. The Balaban J connectivity index is 2.19. The first kappa shape index (κ1) is 13.8. The van der Waals surface area contributed by atoms with Gasteiger partial charge in [0.25, 0.3) is 0 Å². The summed E-state index contributed by atoms with van der Waals surface area (Å²) in [5, 5.41) is 10.7. The van der Waals surface area contributed by atoms with Crippen molar-refractivity contribution in [3.8, 4) is 0 Å². The molecule has 0 unspecified atom stereocenters. The van der Waals surface area contributed by atoms with Crippen molar-refractivity contribution in [2.45, 2.75) is 13.5 Å². The highest BCUT2D eigenvalue weighted by molar-refractivity contribution is 5.57. The third kappa shape index (κ3) is 3.03. The van der Waals surface area contributed by atoms with Gasteiger partial charge in [-0.25, -0.2) is 4.98 Å². The van der Waals surface area contributed by atoms with Crippen molar-refractivity contribution in [1.82, 2.24) is 4.98 Å². The molecule has 0 saturated carbocycles. The number of anilines is 2. The zero-order valence-corrected chi connectivity index (χ0v) is 11.4. The number of nitrogens with zero attached hydrogens (tertiary/aromatic N) is 3. The van der Waals surface area contributed by atoms with Crippen LogP contribution in [0.3, 0.4) is 0 Å². The van der Waals surface area contributed by atoms with E-state index in [0.717, 1.165) is 5.56 Å².